The lowest BCUT2D eigenvalue weighted by Gasteiger charge is -2.24. The first-order valence-electron chi connectivity index (χ1n) is 9.62. The molecule has 0 saturated carbocycles. The summed E-state index contributed by atoms with van der Waals surface area (Å²) in [7, 11) is 1.63. The number of hydrogen-bond acceptors (Lipinski definition) is 6. The highest BCUT2D eigenvalue weighted by atomic mass is 35.5. The van der Waals surface area contributed by atoms with Crippen LogP contribution in [0.4, 0.5) is 5.82 Å². The summed E-state index contributed by atoms with van der Waals surface area (Å²) in [5, 5.41) is 23.2. The Balaban J connectivity index is 1.62. The first-order valence-corrected chi connectivity index (χ1v) is 9.99. The molecule has 0 bridgehead atoms. The number of methoxy groups -OCH3 is 1. The normalized spacial score (nSPS) is 15.5. The summed E-state index contributed by atoms with van der Waals surface area (Å²) >= 11 is 5.86. The van der Waals surface area contributed by atoms with Gasteiger partial charge in [-0.15, -0.1) is 10.2 Å². The van der Waals surface area contributed by atoms with Crippen LogP contribution in [0.3, 0.4) is 0 Å². The number of benzene rings is 1. The number of nitrogens with one attached hydrogen (secondary N) is 2. The van der Waals surface area contributed by atoms with Gasteiger partial charge < -0.3 is 10.1 Å². The summed E-state index contributed by atoms with van der Waals surface area (Å²) in [5.74, 6) is 1.50. The lowest BCUT2D eigenvalue weighted by Crippen LogP contribution is -2.25. The monoisotopic (exact) mass is 435 g/mol. The Hall–Kier alpha value is -3.72. The Labute approximate surface area is 182 Å². The van der Waals surface area contributed by atoms with Crippen LogP contribution in [0.25, 0.3) is 17.1 Å². The molecule has 0 aliphatic carbocycles. The number of amides is 1. The molecule has 4 aromatic rings. The van der Waals surface area contributed by atoms with E-state index in [9.17, 15) is 4.79 Å². The molecule has 1 aliphatic rings. The number of hydrogen-bond donors (Lipinski definition) is 2. The number of nitrogens with zero attached hydrogens (tertiary/aromatic N) is 5. The average molecular weight is 436 g/mol. The van der Waals surface area contributed by atoms with Gasteiger partial charge in [0.25, 0.3) is 0 Å². The zero-order valence-corrected chi connectivity index (χ0v) is 17.5. The van der Waals surface area contributed by atoms with E-state index in [2.05, 4.69) is 30.8 Å². The second kappa shape index (κ2) is 7.51. The summed E-state index contributed by atoms with van der Waals surface area (Å²) in [6.07, 6.45) is 2.06. The van der Waals surface area contributed by atoms with Crippen LogP contribution >= 0.6 is 11.6 Å². The van der Waals surface area contributed by atoms with Crippen molar-refractivity contribution >= 4 is 23.3 Å². The number of H-pyrrole nitrogens is 1. The Bertz CT molecular complexity index is 1260. The van der Waals surface area contributed by atoms with Gasteiger partial charge in [-0.25, -0.2) is 0 Å². The minimum Gasteiger partial charge on any atom is -0.497 e. The number of aromatic amines is 1. The maximum atomic E-state index is 12.7. The Morgan fingerprint density at radius 2 is 1.97 bits per heavy atom. The number of ether oxygens (including phenoxy) is 1. The third kappa shape index (κ3) is 3.32. The van der Waals surface area contributed by atoms with Gasteiger partial charge in [0, 0.05) is 29.0 Å². The van der Waals surface area contributed by atoms with Gasteiger partial charge in [-0.05, 0) is 43.3 Å². The fourth-order valence-electron chi connectivity index (χ4n) is 3.95. The molecule has 0 radical (unpaired) electrons. The lowest BCUT2D eigenvalue weighted by molar-refractivity contribution is -0.116. The third-order valence-corrected chi connectivity index (χ3v) is 5.56. The standard InChI is InChI=1S/C21H18ClN7O2/c1-11-19-14(15-10-23-27-20(15)12-3-5-13(31-2)6-4-12)9-18(30)24-21(19)29(28-11)17-8-7-16(22)25-26-17/h3-8,10,14H,9H2,1-2H3,(H,23,27)(H,24,30). The van der Waals surface area contributed by atoms with Gasteiger partial charge in [-0.3, -0.25) is 9.89 Å². The zero-order chi connectivity index (χ0) is 21.5. The van der Waals surface area contributed by atoms with Gasteiger partial charge >= 0.3 is 0 Å². The minimum absolute atomic E-state index is 0.109. The minimum atomic E-state index is -0.214. The Kier molecular flexibility index (Phi) is 4.67. The van der Waals surface area contributed by atoms with Crippen LogP contribution in [0.5, 0.6) is 5.75 Å². The summed E-state index contributed by atoms with van der Waals surface area (Å²) in [6.45, 7) is 1.91. The molecule has 9 nitrogen and oxygen atoms in total. The number of carbonyl (C=O) groups excluding carboxylic acids is 1. The number of anilines is 1. The number of fused-ring (bicyclic) bond motifs is 1. The first-order chi connectivity index (χ1) is 15.0. The van der Waals surface area contributed by atoms with Crippen molar-refractivity contribution in [2.75, 3.05) is 12.4 Å². The molecular formula is C21H18ClN7O2. The van der Waals surface area contributed by atoms with E-state index in [1.165, 1.54) is 0 Å². The lowest BCUT2D eigenvalue weighted by atomic mass is 9.85. The molecule has 1 aromatic carbocycles. The zero-order valence-electron chi connectivity index (χ0n) is 16.8. The number of aromatic nitrogens is 6. The topological polar surface area (TPSA) is 111 Å². The molecule has 1 aliphatic heterocycles. The second-order valence-electron chi connectivity index (χ2n) is 7.21. The summed E-state index contributed by atoms with van der Waals surface area (Å²) in [5.41, 5.74) is 4.44. The summed E-state index contributed by atoms with van der Waals surface area (Å²) in [6, 6.07) is 11.0. The fraction of sp³-hybridized carbons (Fsp3) is 0.190. The maximum absolute atomic E-state index is 12.7. The molecule has 3 aromatic heterocycles. The van der Waals surface area contributed by atoms with E-state index in [-0.39, 0.29) is 23.4 Å². The van der Waals surface area contributed by atoms with E-state index in [0.717, 1.165) is 33.8 Å². The van der Waals surface area contributed by atoms with Crippen molar-refractivity contribution in [3.05, 3.63) is 64.6 Å². The predicted octanol–water partition coefficient (Wildman–Crippen LogP) is 3.50. The second-order valence-corrected chi connectivity index (χ2v) is 7.59. The molecule has 1 unspecified atom stereocenters. The number of aryl methyl sites for hydroxylation is 1. The van der Waals surface area contributed by atoms with Crippen LogP contribution in [0.1, 0.15) is 29.2 Å². The van der Waals surface area contributed by atoms with Gasteiger partial charge in [0.15, 0.2) is 11.0 Å². The highest BCUT2D eigenvalue weighted by molar-refractivity contribution is 6.29. The molecule has 1 atom stereocenters. The Morgan fingerprint density at radius 1 is 1.16 bits per heavy atom. The fourth-order valence-corrected chi connectivity index (χ4v) is 4.05. The van der Waals surface area contributed by atoms with Crippen molar-refractivity contribution in [2.24, 2.45) is 0 Å². The van der Waals surface area contributed by atoms with E-state index in [1.807, 2.05) is 31.2 Å². The van der Waals surface area contributed by atoms with E-state index in [0.29, 0.717) is 11.6 Å². The highest BCUT2D eigenvalue weighted by Crippen LogP contribution is 2.42. The SMILES string of the molecule is COc1ccc(-c2[nH]ncc2C2CC(=O)Nc3c2c(C)nn3-c2ccc(Cl)nn2)cc1. The van der Waals surface area contributed by atoms with Crippen LogP contribution in [0, 0.1) is 6.92 Å². The van der Waals surface area contributed by atoms with Gasteiger partial charge in [0.05, 0.1) is 24.7 Å². The molecule has 0 fully saturated rings. The molecule has 4 heterocycles. The molecule has 5 rings (SSSR count). The smallest absolute Gasteiger partial charge is 0.226 e. The third-order valence-electron chi connectivity index (χ3n) is 5.36. The largest absolute Gasteiger partial charge is 0.497 e. The van der Waals surface area contributed by atoms with Crippen molar-refractivity contribution in [1.82, 2.24) is 30.2 Å². The number of rotatable bonds is 4. The average Bonchev–Trinajstić information content (AvgIpc) is 3.39. The number of carbonyl (C=O) groups is 1. The van der Waals surface area contributed by atoms with Gasteiger partial charge in [-0.1, -0.05) is 11.6 Å². The van der Waals surface area contributed by atoms with Crippen molar-refractivity contribution in [2.45, 2.75) is 19.3 Å². The highest BCUT2D eigenvalue weighted by Gasteiger charge is 2.35. The van der Waals surface area contributed by atoms with Crippen molar-refractivity contribution < 1.29 is 9.53 Å². The van der Waals surface area contributed by atoms with Crippen LogP contribution in [-0.2, 0) is 4.79 Å². The van der Waals surface area contributed by atoms with E-state index in [1.54, 1.807) is 30.1 Å². The van der Waals surface area contributed by atoms with Crippen molar-refractivity contribution in [1.29, 1.82) is 0 Å². The molecule has 31 heavy (non-hydrogen) atoms. The quantitative estimate of drug-likeness (QED) is 0.507. The molecule has 156 valence electrons. The van der Waals surface area contributed by atoms with E-state index < -0.39 is 0 Å². The van der Waals surface area contributed by atoms with Crippen LogP contribution in [0.15, 0.2) is 42.6 Å². The maximum Gasteiger partial charge on any atom is 0.226 e. The van der Waals surface area contributed by atoms with Gasteiger partial charge in [-0.2, -0.15) is 14.9 Å². The summed E-state index contributed by atoms with van der Waals surface area (Å²) in [4.78, 5) is 12.7. The van der Waals surface area contributed by atoms with Crippen LogP contribution < -0.4 is 10.1 Å². The Morgan fingerprint density at radius 3 is 2.68 bits per heavy atom. The van der Waals surface area contributed by atoms with Crippen LogP contribution in [-0.4, -0.2) is 43.2 Å². The van der Waals surface area contributed by atoms with Crippen LogP contribution in [0.2, 0.25) is 5.15 Å². The van der Waals surface area contributed by atoms with E-state index in [4.69, 9.17) is 16.3 Å². The molecule has 2 N–H and O–H groups in total. The van der Waals surface area contributed by atoms with Crippen molar-refractivity contribution in [3.8, 4) is 22.8 Å². The molecule has 0 spiro atoms. The molecule has 1 amide bonds. The predicted molar refractivity (Wildman–Crippen MR) is 115 cm³/mol. The van der Waals surface area contributed by atoms with Gasteiger partial charge in [0.2, 0.25) is 5.91 Å². The molecular weight excluding hydrogens is 418 g/mol. The van der Waals surface area contributed by atoms with Crippen molar-refractivity contribution in [3.63, 3.8) is 0 Å². The van der Waals surface area contributed by atoms with E-state index >= 15 is 0 Å². The molecule has 10 heteroatoms. The number of halogens is 1. The first kappa shape index (κ1) is 19.3. The van der Waals surface area contributed by atoms with Gasteiger partial charge in [0.1, 0.15) is 11.6 Å². The summed E-state index contributed by atoms with van der Waals surface area (Å²) < 4.78 is 6.84. The molecule has 0 saturated heterocycles.